The maximum Gasteiger partial charge on any atom is 0.310 e. The smallest absolute Gasteiger partial charge is 0.310 e. The van der Waals surface area contributed by atoms with Crippen molar-refractivity contribution < 1.29 is 9.90 Å². The molecule has 2 N–H and O–H groups in total. The third kappa shape index (κ3) is 5.32. The van der Waals surface area contributed by atoms with Crippen molar-refractivity contribution in [3.05, 3.63) is 35.9 Å². The predicted molar refractivity (Wildman–Crippen MR) is 73.8 cm³/mol. The second-order valence-corrected chi connectivity index (χ2v) is 4.92. The molecule has 1 heterocycles. The lowest BCUT2D eigenvalue weighted by Crippen LogP contribution is -2.27. The van der Waals surface area contributed by atoms with E-state index in [1.165, 1.54) is 25.9 Å². The van der Waals surface area contributed by atoms with Crippen molar-refractivity contribution in [2.75, 3.05) is 13.1 Å². The van der Waals surface area contributed by atoms with Crippen molar-refractivity contribution in [3.63, 3.8) is 0 Å². The van der Waals surface area contributed by atoms with Gasteiger partial charge in [-0.3, -0.25) is 4.79 Å². The molecule has 0 saturated carbocycles. The number of rotatable bonds is 2. The molecule has 0 spiro atoms. The molecule has 1 fully saturated rings. The van der Waals surface area contributed by atoms with Gasteiger partial charge in [0.05, 0.1) is 5.92 Å². The summed E-state index contributed by atoms with van der Waals surface area (Å²) in [5.41, 5.74) is 0.847. The van der Waals surface area contributed by atoms with E-state index in [2.05, 4.69) is 12.2 Å². The van der Waals surface area contributed by atoms with Gasteiger partial charge in [-0.15, -0.1) is 0 Å². The Balaban J connectivity index is 0.000000199. The average molecular weight is 249 g/mol. The molecule has 0 bridgehead atoms. The maximum absolute atomic E-state index is 10.5. The molecule has 1 saturated heterocycles. The predicted octanol–water partition coefficient (Wildman–Crippen LogP) is 2.88. The molecule has 2 rings (SSSR count). The van der Waals surface area contributed by atoms with Crippen molar-refractivity contribution in [2.24, 2.45) is 5.92 Å². The van der Waals surface area contributed by atoms with Crippen molar-refractivity contribution in [3.8, 4) is 0 Å². The molecule has 100 valence electrons. The highest BCUT2D eigenvalue weighted by atomic mass is 16.4. The highest BCUT2D eigenvalue weighted by molar-refractivity contribution is 5.75. The van der Waals surface area contributed by atoms with Crippen LogP contribution in [-0.2, 0) is 4.79 Å². The molecule has 1 aliphatic rings. The number of nitrogens with one attached hydrogen (secondary N) is 1. The molecule has 1 aromatic rings. The lowest BCUT2D eigenvalue weighted by atomic mass is 10.0. The molecular formula is C15H23NO2. The van der Waals surface area contributed by atoms with Gasteiger partial charge in [0.2, 0.25) is 0 Å². The van der Waals surface area contributed by atoms with Crippen molar-refractivity contribution in [1.82, 2.24) is 5.32 Å². The van der Waals surface area contributed by atoms with Crippen LogP contribution in [0.5, 0.6) is 0 Å². The average Bonchev–Trinajstić information content (AvgIpc) is 2.40. The van der Waals surface area contributed by atoms with Crippen LogP contribution in [0.25, 0.3) is 0 Å². The molecule has 1 unspecified atom stereocenters. The van der Waals surface area contributed by atoms with Crippen LogP contribution in [-0.4, -0.2) is 24.2 Å². The summed E-state index contributed by atoms with van der Waals surface area (Å²) in [6, 6.07) is 9.19. The Kier molecular flexibility index (Phi) is 6.44. The highest BCUT2D eigenvalue weighted by Gasteiger charge is 2.11. The van der Waals surface area contributed by atoms with E-state index in [-0.39, 0.29) is 0 Å². The van der Waals surface area contributed by atoms with Crippen LogP contribution in [0.4, 0.5) is 0 Å². The number of hydrogen-bond donors (Lipinski definition) is 2. The Morgan fingerprint density at radius 1 is 1.39 bits per heavy atom. The maximum atomic E-state index is 10.5. The fraction of sp³-hybridized carbons (Fsp3) is 0.533. The fourth-order valence-electron chi connectivity index (χ4n) is 1.91. The number of carboxylic acid groups (broad SMARTS) is 1. The lowest BCUT2D eigenvalue weighted by molar-refractivity contribution is -0.138. The summed E-state index contributed by atoms with van der Waals surface area (Å²) >= 11 is 0. The van der Waals surface area contributed by atoms with Gasteiger partial charge in [-0.25, -0.2) is 0 Å². The zero-order valence-electron chi connectivity index (χ0n) is 11.2. The quantitative estimate of drug-likeness (QED) is 0.847. The van der Waals surface area contributed by atoms with Gasteiger partial charge in [-0.05, 0) is 44.3 Å². The van der Waals surface area contributed by atoms with Crippen LogP contribution in [0, 0.1) is 5.92 Å². The Hall–Kier alpha value is -1.35. The van der Waals surface area contributed by atoms with E-state index in [1.807, 2.05) is 30.3 Å². The number of benzene rings is 1. The molecule has 0 aromatic heterocycles. The van der Waals surface area contributed by atoms with Gasteiger partial charge in [-0.2, -0.15) is 0 Å². The molecule has 3 nitrogen and oxygen atoms in total. The van der Waals surface area contributed by atoms with Crippen LogP contribution in [0.15, 0.2) is 30.3 Å². The molecule has 0 radical (unpaired) electrons. The second kappa shape index (κ2) is 7.88. The van der Waals surface area contributed by atoms with E-state index in [0.29, 0.717) is 0 Å². The number of aliphatic carboxylic acids is 1. The van der Waals surface area contributed by atoms with Crippen LogP contribution < -0.4 is 5.32 Å². The minimum atomic E-state index is -0.781. The third-order valence-electron chi connectivity index (χ3n) is 3.21. The van der Waals surface area contributed by atoms with Gasteiger partial charge in [0.1, 0.15) is 0 Å². The minimum absolute atomic E-state index is 0.406. The molecule has 18 heavy (non-hydrogen) atoms. The SMILES string of the molecule is CC(C(=O)O)c1ccccc1.C[C@H]1CCCNC1. The molecule has 0 amide bonds. The minimum Gasteiger partial charge on any atom is -0.481 e. The largest absolute Gasteiger partial charge is 0.481 e. The molecule has 1 aromatic carbocycles. The summed E-state index contributed by atoms with van der Waals surface area (Å²) in [4.78, 5) is 10.5. The number of carboxylic acids is 1. The number of hydrogen-bond acceptors (Lipinski definition) is 2. The zero-order valence-corrected chi connectivity index (χ0v) is 11.2. The monoisotopic (exact) mass is 249 g/mol. The van der Waals surface area contributed by atoms with Gasteiger partial charge >= 0.3 is 5.97 Å². The van der Waals surface area contributed by atoms with Gasteiger partial charge < -0.3 is 10.4 Å². The molecular weight excluding hydrogens is 226 g/mol. The van der Waals surface area contributed by atoms with Gasteiger partial charge in [0.25, 0.3) is 0 Å². The van der Waals surface area contributed by atoms with Crippen LogP contribution in [0.2, 0.25) is 0 Å². The molecule has 0 aliphatic carbocycles. The van der Waals surface area contributed by atoms with E-state index >= 15 is 0 Å². The zero-order chi connectivity index (χ0) is 13.4. The summed E-state index contributed by atoms with van der Waals surface area (Å²) in [5.74, 6) is -0.263. The first-order chi connectivity index (χ1) is 8.61. The van der Waals surface area contributed by atoms with Crippen LogP contribution in [0.3, 0.4) is 0 Å². The van der Waals surface area contributed by atoms with Crippen molar-refractivity contribution in [1.29, 1.82) is 0 Å². The molecule has 3 heteroatoms. The van der Waals surface area contributed by atoms with Gasteiger partial charge in [-0.1, -0.05) is 37.3 Å². The Morgan fingerprint density at radius 3 is 2.44 bits per heavy atom. The van der Waals surface area contributed by atoms with E-state index in [4.69, 9.17) is 5.11 Å². The number of carbonyl (C=O) groups is 1. The van der Waals surface area contributed by atoms with E-state index in [0.717, 1.165) is 11.5 Å². The summed E-state index contributed by atoms with van der Waals surface area (Å²) in [6.07, 6.45) is 2.80. The Morgan fingerprint density at radius 2 is 2.06 bits per heavy atom. The summed E-state index contributed by atoms with van der Waals surface area (Å²) < 4.78 is 0. The van der Waals surface area contributed by atoms with Gasteiger partial charge in [0.15, 0.2) is 0 Å². The number of piperidine rings is 1. The van der Waals surface area contributed by atoms with Crippen molar-refractivity contribution >= 4 is 5.97 Å². The standard InChI is InChI=1S/C9H10O2.C6H13N/c1-7(9(10)11)8-5-3-2-4-6-8;1-6-3-2-4-7-5-6/h2-7H,1H3,(H,10,11);6-7H,2-5H2,1H3/t;6-/m.0/s1. The first kappa shape index (κ1) is 14.7. The van der Waals surface area contributed by atoms with E-state index < -0.39 is 11.9 Å². The van der Waals surface area contributed by atoms with Crippen LogP contribution >= 0.6 is 0 Å². The Bertz CT molecular complexity index is 345. The third-order valence-corrected chi connectivity index (χ3v) is 3.21. The normalized spacial score (nSPS) is 20.4. The van der Waals surface area contributed by atoms with E-state index in [1.54, 1.807) is 6.92 Å². The van der Waals surface area contributed by atoms with Gasteiger partial charge in [0, 0.05) is 0 Å². The molecule has 2 atom stereocenters. The second-order valence-electron chi connectivity index (χ2n) is 4.92. The topological polar surface area (TPSA) is 49.3 Å². The lowest BCUT2D eigenvalue weighted by Gasteiger charge is -2.17. The summed E-state index contributed by atoms with van der Waals surface area (Å²) in [6.45, 7) is 6.45. The van der Waals surface area contributed by atoms with Crippen molar-refractivity contribution in [2.45, 2.75) is 32.6 Å². The summed E-state index contributed by atoms with van der Waals surface area (Å²) in [5, 5.41) is 12.0. The Labute approximate surface area is 109 Å². The van der Waals surface area contributed by atoms with Crippen LogP contribution in [0.1, 0.15) is 38.2 Å². The fourth-order valence-corrected chi connectivity index (χ4v) is 1.91. The van der Waals surface area contributed by atoms with E-state index in [9.17, 15) is 4.79 Å². The molecule has 1 aliphatic heterocycles. The summed E-state index contributed by atoms with van der Waals surface area (Å²) in [7, 11) is 0. The highest BCUT2D eigenvalue weighted by Crippen LogP contribution is 2.13. The first-order valence-corrected chi connectivity index (χ1v) is 6.59. The first-order valence-electron chi connectivity index (χ1n) is 6.59.